The van der Waals surface area contributed by atoms with Gasteiger partial charge in [-0.15, -0.1) is 0 Å². The summed E-state index contributed by atoms with van der Waals surface area (Å²) < 4.78 is 0. The van der Waals surface area contributed by atoms with Crippen molar-refractivity contribution in [3.05, 3.63) is 0 Å². The maximum absolute atomic E-state index is 11.3. The molecular weight excluding hydrogens is 214 g/mol. The fourth-order valence-corrected chi connectivity index (χ4v) is 2.81. The number of carboxylic acids is 1. The lowest BCUT2D eigenvalue weighted by atomic mass is 9.88. The summed E-state index contributed by atoms with van der Waals surface area (Å²) in [6.45, 7) is 8.48. The SMILES string of the molecule is CCC1CCN(CC(CC)CC)C(C(=O)O)C1. The van der Waals surface area contributed by atoms with Crippen molar-refractivity contribution < 1.29 is 9.90 Å². The average molecular weight is 241 g/mol. The number of carbonyl (C=O) groups is 1. The summed E-state index contributed by atoms with van der Waals surface area (Å²) in [4.78, 5) is 13.5. The zero-order valence-electron chi connectivity index (χ0n) is 11.5. The Morgan fingerprint density at radius 1 is 1.35 bits per heavy atom. The van der Waals surface area contributed by atoms with E-state index >= 15 is 0 Å². The molecule has 0 aromatic carbocycles. The molecule has 0 radical (unpaired) electrons. The first-order valence-electron chi connectivity index (χ1n) is 7.09. The summed E-state index contributed by atoms with van der Waals surface area (Å²) >= 11 is 0. The van der Waals surface area contributed by atoms with E-state index in [9.17, 15) is 9.90 Å². The van der Waals surface area contributed by atoms with Crippen LogP contribution in [0.4, 0.5) is 0 Å². The Bertz CT molecular complexity index is 238. The Balaban J connectivity index is 2.60. The number of nitrogens with zero attached hydrogens (tertiary/aromatic N) is 1. The van der Waals surface area contributed by atoms with Crippen LogP contribution < -0.4 is 0 Å². The fraction of sp³-hybridized carbons (Fsp3) is 0.929. The second-order valence-corrected chi connectivity index (χ2v) is 5.33. The second-order valence-electron chi connectivity index (χ2n) is 5.33. The quantitative estimate of drug-likeness (QED) is 0.777. The Labute approximate surface area is 105 Å². The number of hydrogen-bond donors (Lipinski definition) is 1. The third-order valence-corrected chi connectivity index (χ3v) is 4.33. The van der Waals surface area contributed by atoms with Gasteiger partial charge in [0.15, 0.2) is 0 Å². The third kappa shape index (κ3) is 3.98. The van der Waals surface area contributed by atoms with E-state index < -0.39 is 5.97 Å². The zero-order chi connectivity index (χ0) is 12.8. The molecule has 0 aliphatic carbocycles. The fourth-order valence-electron chi connectivity index (χ4n) is 2.81. The highest BCUT2D eigenvalue weighted by Gasteiger charge is 2.33. The minimum Gasteiger partial charge on any atom is -0.480 e. The summed E-state index contributed by atoms with van der Waals surface area (Å²) in [5.41, 5.74) is 0. The summed E-state index contributed by atoms with van der Waals surface area (Å²) in [5, 5.41) is 9.34. The highest BCUT2D eigenvalue weighted by molar-refractivity contribution is 5.73. The standard InChI is InChI=1S/C14H27NO2/c1-4-11(5-2)10-15-8-7-12(6-3)9-13(15)14(16)17/h11-13H,4-10H2,1-3H3,(H,16,17). The first-order chi connectivity index (χ1) is 8.12. The predicted octanol–water partition coefficient (Wildman–Crippen LogP) is 3.00. The van der Waals surface area contributed by atoms with E-state index in [1.165, 1.54) is 6.42 Å². The van der Waals surface area contributed by atoms with Crippen molar-refractivity contribution in [3.63, 3.8) is 0 Å². The molecule has 17 heavy (non-hydrogen) atoms. The van der Waals surface area contributed by atoms with Crippen LogP contribution in [0.25, 0.3) is 0 Å². The molecule has 1 fully saturated rings. The Kier molecular flexibility index (Phi) is 5.96. The smallest absolute Gasteiger partial charge is 0.320 e. The summed E-state index contributed by atoms with van der Waals surface area (Å²) in [6.07, 6.45) is 5.42. The molecule has 0 amide bonds. The van der Waals surface area contributed by atoms with E-state index in [-0.39, 0.29) is 6.04 Å². The van der Waals surface area contributed by atoms with E-state index in [1.807, 2.05) is 0 Å². The second kappa shape index (κ2) is 7.00. The molecule has 100 valence electrons. The van der Waals surface area contributed by atoms with Gasteiger partial charge in [0.2, 0.25) is 0 Å². The number of likely N-dealkylation sites (tertiary alicyclic amines) is 1. The molecule has 3 nitrogen and oxygen atoms in total. The first-order valence-corrected chi connectivity index (χ1v) is 7.09. The summed E-state index contributed by atoms with van der Waals surface area (Å²) in [7, 11) is 0. The maximum atomic E-state index is 11.3. The average Bonchev–Trinajstić information content (AvgIpc) is 2.35. The molecule has 1 rings (SSSR count). The van der Waals surface area contributed by atoms with E-state index in [0.717, 1.165) is 38.8 Å². The van der Waals surface area contributed by atoms with Gasteiger partial charge in [0, 0.05) is 6.54 Å². The lowest BCUT2D eigenvalue weighted by molar-refractivity contribution is -0.145. The number of hydrogen-bond acceptors (Lipinski definition) is 2. The van der Waals surface area contributed by atoms with Crippen LogP contribution in [-0.2, 0) is 4.79 Å². The summed E-state index contributed by atoms with van der Waals surface area (Å²) in [5.74, 6) is 0.623. The van der Waals surface area contributed by atoms with Gasteiger partial charge in [0.1, 0.15) is 6.04 Å². The Morgan fingerprint density at radius 2 is 2.00 bits per heavy atom. The van der Waals surface area contributed by atoms with Crippen LogP contribution in [0.3, 0.4) is 0 Å². The van der Waals surface area contributed by atoms with Gasteiger partial charge in [0.05, 0.1) is 0 Å². The van der Waals surface area contributed by atoms with Crippen molar-refractivity contribution in [1.29, 1.82) is 0 Å². The largest absolute Gasteiger partial charge is 0.480 e. The van der Waals surface area contributed by atoms with Crippen molar-refractivity contribution >= 4 is 5.97 Å². The van der Waals surface area contributed by atoms with Crippen LogP contribution in [-0.4, -0.2) is 35.1 Å². The number of rotatable bonds is 6. The van der Waals surface area contributed by atoms with Crippen molar-refractivity contribution in [2.24, 2.45) is 11.8 Å². The normalized spacial score (nSPS) is 26.4. The molecule has 1 aliphatic heterocycles. The van der Waals surface area contributed by atoms with Crippen molar-refractivity contribution in [2.45, 2.75) is 58.9 Å². The minimum atomic E-state index is -0.630. The van der Waals surface area contributed by atoms with Gasteiger partial charge in [-0.2, -0.15) is 0 Å². The van der Waals surface area contributed by atoms with Crippen molar-refractivity contribution in [2.75, 3.05) is 13.1 Å². The van der Waals surface area contributed by atoms with Gasteiger partial charge in [-0.25, -0.2) is 0 Å². The monoisotopic (exact) mass is 241 g/mol. The molecule has 1 aliphatic rings. The molecule has 1 saturated heterocycles. The topological polar surface area (TPSA) is 40.5 Å². The first kappa shape index (κ1) is 14.5. The highest BCUT2D eigenvalue weighted by atomic mass is 16.4. The molecule has 2 unspecified atom stereocenters. The number of carboxylic acid groups (broad SMARTS) is 1. The van der Waals surface area contributed by atoms with E-state index in [1.54, 1.807) is 0 Å². The minimum absolute atomic E-state index is 0.241. The molecule has 0 bridgehead atoms. The van der Waals surface area contributed by atoms with Crippen LogP contribution in [0.1, 0.15) is 52.9 Å². The number of aliphatic carboxylic acids is 1. The molecule has 1 heterocycles. The lowest BCUT2D eigenvalue weighted by Gasteiger charge is -2.38. The molecule has 0 aromatic heterocycles. The van der Waals surface area contributed by atoms with Gasteiger partial charge in [-0.05, 0) is 31.2 Å². The van der Waals surface area contributed by atoms with Crippen LogP contribution in [0.2, 0.25) is 0 Å². The molecule has 2 atom stereocenters. The maximum Gasteiger partial charge on any atom is 0.320 e. The van der Waals surface area contributed by atoms with Crippen molar-refractivity contribution in [1.82, 2.24) is 4.90 Å². The Morgan fingerprint density at radius 3 is 2.47 bits per heavy atom. The molecular formula is C14H27NO2. The van der Waals surface area contributed by atoms with Gasteiger partial charge in [-0.1, -0.05) is 40.0 Å². The van der Waals surface area contributed by atoms with Crippen LogP contribution >= 0.6 is 0 Å². The third-order valence-electron chi connectivity index (χ3n) is 4.33. The zero-order valence-corrected chi connectivity index (χ0v) is 11.5. The molecule has 3 heteroatoms. The van der Waals surface area contributed by atoms with Crippen molar-refractivity contribution in [3.8, 4) is 0 Å². The van der Waals surface area contributed by atoms with E-state index in [0.29, 0.717) is 11.8 Å². The molecule has 1 N–H and O–H groups in total. The van der Waals surface area contributed by atoms with E-state index in [2.05, 4.69) is 25.7 Å². The highest BCUT2D eigenvalue weighted by Crippen LogP contribution is 2.27. The molecule has 0 saturated carbocycles. The van der Waals surface area contributed by atoms with Gasteiger partial charge in [0.25, 0.3) is 0 Å². The predicted molar refractivity (Wildman–Crippen MR) is 70.1 cm³/mol. The van der Waals surface area contributed by atoms with Gasteiger partial charge >= 0.3 is 5.97 Å². The van der Waals surface area contributed by atoms with E-state index in [4.69, 9.17) is 0 Å². The lowest BCUT2D eigenvalue weighted by Crippen LogP contribution is -2.48. The molecule has 0 aromatic rings. The Hall–Kier alpha value is -0.570. The van der Waals surface area contributed by atoms with Gasteiger partial charge < -0.3 is 5.11 Å². The summed E-state index contributed by atoms with van der Waals surface area (Å²) in [6, 6.07) is -0.241. The van der Waals surface area contributed by atoms with Crippen LogP contribution in [0, 0.1) is 11.8 Å². The van der Waals surface area contributed by atoms with Crippen LogP contribution in [0.15, 0.2) is 0 Å². The van der Waals surface area contributed by atoms with Crippen LogP contribution in [0.5, 0.6) is 0 Å². The molecule has 0 spiro atoms. The van der Waals surface area contributed by atoms with Gasteiger partial charge in [-0.3, -0.25) is 9.69 Å². The number of piperidine rings is 1.